The number of carbonyl (C=O) groups is 1. The van der Waals surface area contributed by atoms with E-state index in [1.165, 1.54) is 12.1 Å². The molecule has 6 nitrogen and oxygen atoms in total. The minimum atomic E-state index is -0.420. The van der Waals surface area contributed by atoms with Crippen LogP contribution in [0.5, 0.6) is 0 Å². The van der Waals surface area contributed by atoms with Crippen molar-refractivity contribution in [2.45, 2.75) is 26.8 Å². The molecule has 0 radical (unpaired) electrons. The van der Waals surface area contributed by atoms with Crippen LogP contribution in [0.1, 0.15) is 27.4 Å². The van der Waals surface area contributed by atoms with Crippen molar-refractivity contribution in [2.24, 2.45) is 11.8 Å². The number of pyridine rings is 1. The molecule has 2 aliphatic rings. The van der Waals surface area contributed by atoms with Crippen LogP contribution < -0.4 is 10.2 Å². The summed E-state index contributed by atoms with van der Waals surface area (Å²) in [7, 11) is 0. The SMILES string of the molecule is Cc1cccc(-c2ccc(F)cc2C(=O)C2NCC3CN(c4nc(C)cc(C)n4)CC32)n1. The number of ketones is 1. The van der Waals surface area contributed by atoms with Gasteiger partial charge in [-0.05, 0) is 63.1 Å². The second-order valence-corrected chi connectivity index (χ2v) is 8.88. The minimum absolute atomic E-state index is 0.0847. The summed E-state index contributed by atoms with van der Waals surface area (Å²) in [4.78, 5) is 29.6. The van der Waals surface area contributed by atoms with Crippen molar-refractivity contribution in [1.82, 2.24) is 20.3 Å². The van der Waals surface area contributed by atoms with E-state index in [0.29, 0.717) is 29.3 Å². The number of hydrogen-bond donors (Lipinski definition) is 1. The number of carbonyl (C=O) groups excluding carboxylic acids is 1. The van der Waals surface area contributed by atoms with Gasteiger partial charge >= 0.3 is 0 Å². The Balaban J connectivity index is 1.44. The van der Waals surface area contributed by atoms with E-state index in [1.807, 2.05) is 45.0 Å². The third-order valence-corrected chi connectivity index (χ3v) is 6.47. The van der Waals surface area contributed by atoms with Crippen molar-refractivity contribution in [3.05, 3.63) is 70.9 Å². The maximum atomic E-state index is 14.2. The number of nitrogens with one attached hydrogen (secondary N) is 1. The fraction of sp³-hybridized carbons (Fsp3) is 0.360. The van der Waals surface area contributed by atoms with E-state index in [9.17, 15) is 9.18 Å². The second kappa shape index (κ2) is 8.06. The Hall–Kier alpha value is -3.19. The standard InChI is InChI=1S/C25H26FN5O/c1-14-5-4-6-22(28-14)19-8-7-18(26)10-20(19)24(32)23-21-13-31(12-17(21)11-27-23)25-29-15(2)9-16(3)30-25/h4-10,17,21,23,27H,11-13H2,1-3H3. The summed E-state index contributed by atoms with van der Waals surface area (Å²) < 4.78 is 14.2. The molecular weight excluding hydrogens is 405 g/mol. The molecule has 0 bridgehead atoms. The molecule has 7 heteroatoms. The van der Waals surface area contributed by atoms with Crippen LogP contribution in [0.3, 0.4) is 0 Å². The van der Waals surface area contributed by atoms with E-state index in [1.54, 1.807) is 6.07 Å². The molecule has 1 N–H and O–H groups in total. The lowest BCUT2D eigenvalue weighted by Gasteiger charge is -2.22. The molecule has 5 rings (SSSR count). The number of aryl methyl sites for hydroxylation is 3. The lowest BCUT2D eigenvalue weighted by molar-refractivity contribution is 0.0931. The highest BCUT2D eigenvalue weighted by Gasteiger charge is 2.46. The highest BCUT2D eigenvalue weighted by Crippen LogP contribution is 2.35. The Labute approximate surface area is 186 Å². The first-order chi connectivity index (χ1) is 15.4. The fourth-order valence-electron chi connectivity index (χ4n) is 5.02. The first-order valence-corrected chi connectivity index (χ1v) is 11.0. The van der Waals surface area contributed by atoms with Gasteiger partial charge in [-0.25, -0.2) is 14.4 Å². The van der Waals surface area contributed by atoms with Gasteiger partial charge in [-0.3, -0.25) is 9.78 Å². The summed E-state index contributed by atoms with van der Waals surface area (Å²) in [5, 5.41) is 3.40. The molecule has 2 aromatic heterocycles. The van der Waals surface area contributed by atoms with Gasteiger partial charge in [-0.2, -0.15) is 0 Å². The van der Waals surface area contributed by atoms with Crippen molar-refractivity contribution in [3.63, 3.8) is 0 Å². The molecule has 32 heavy (non-hydrogen) atoms. The van der Waals surface area contributed by atoms with Crippen LogP contribution in [0, 0.1) is 38.4 Å². The van der Waals surface area contributed by atoms with Crippen LogP contribution in [0.25, 0.3) is 11.3 Å². The van der Waals surface area contributed by atoms with Gasteiger partial charge in [0, 0.05) is 53.8 Å². The zero-order chi connectivity index (χ0) is 22.4. The topological polar surface area (TPSA) is 71.0 Å². The molecule has 2 saturated heterocycles. The summed E-state index contributed by atoms with van der Waals surface area (Å²) in [5.41, 5.74) is 4.44. The number of Topliss-reactive ketones (excluding diaryl/α,β-unsaturated/α-hetero) is 1. The second-order valence-electron chi connectivity index (χ2n) is 8.88. The average Bonchev–Trinajstić information content (AvgIpc) is 3.33. The van der Waals surface area contributed by atoms with Crippen LogP contribution in [0.4, 0.5) is 10.3 Å². The number of hydrogen-bond acceptors (Lipinski definition) is 6. The van der Waals surface area contributed by atoms with Crippen LogP contribution in [0.15, 0.2) is 42.5 Å². The quantitative estimate of drug-likeness (QED) is 0.638. The molecule has 3 unspecified atom stereocenters. The molecule has 0 saturated carbocycles. The van der Waals surface area contributed by atoms with Crippen LogP contribution in [0.2, 0.25) is 0 Å². The zero-order valence-electron chi connectivity index (χ0n) is 18.5. The number of nitrogens with zero attached hydrogens (tertiary/aromatic N) is 4. The first-order valence-electron chi connectivity index (χ1n) is 11.0. The number of benzene rings is 1. The van der Waals surface area contributed by atoms with Gasteiger partial charge in [0.1, 0.15) is 5.82 Å². The number of halogens is 1. The lowest BCUT2D eigenvalue weighted by Crippen LogP contribution is -2.39. The van der Waals surface area contributed by atoms with E-state index in [2.05, 4.69) is 25.2 Å². The highest BCUT2D eigenvalue weighted by atomic mass is 19.1. The summed E-state index contributed by atoms with van der Waals surface area (Å²) in [6, 6.07) is 11.6. The number of rotatable bonds is 4. The van der Waals surface area contributed by atoms with Crippen LogP contribution >= 0.6 is 0 Å². The largest absolute Gasteiger partial charge is 0.340 e. The van der Waals surface area contributed by atoms with E-state index in [-0.39, 0.29) is 17.7 Å². The highest BCUT2D eigenvalue weighted by molar-refractivity contribution is 6.05. The van der Waals surface area contributed by atoms with Gasteiger partial charge < -0.3 is 10.2 Å². The monoisotopic (exact) mass is 431 g/mol. The van der Waals surface area contributed by atoms with Crippen molar-refractivity contribution < 1.29 is 9.18 Å². The molecule has 2 aliphatic heterocycles. The number of fused-ring (bicyclic) bond motifs is 1. The fourth-order valence-corrected chi connectivity index (χ4v) is 5.02. The van der Waals surface area contributed by atoms with Crippen molar-refractivity contribution in [1.29, 1.82) is 0 Å². The van der Waals surface area contributed by atoms with Crippen LogP contribution in [-0.2, 0) is 0 Å². The molecule has 0 spiro atoms. The smallest absolute Gasteiger partial charge is 0.225 e. The predicted molar refractivity (Wildman–Crippen MR) is 121 cm³/mol. The average molecular weight is 432 g/mol. The summed E-state index contributed by atoms with van der Waals surface area (Å²) >= 11 is 0. The molecule has 1 aromatic carbocycles. The number of anilines is 1. The third kappa shape index (κ3) is 3.77. The van der Waals surface area contributed by atoms with Gasteiger partial charge in [-0.15, -0.1) is 0 Å². The zero-order valence-corrected chi connectivity index (χ0v) is 18.5. The molecule has 0 amide bonds. The Morgan fingerprint density at radius 2 is 1.78 bits per heavy atom. The molecule has 0 aliphatic carbocycles. The van der Waals surface area contributed by atoms with E-state index in [0.717, 1.165) is 36.1 Å². The van der Waals surface area contributed by atoms with Crippen molar-refractivity contribution in [2.75, 3.05) is 24.5 Å². The summed E-state index contributed by atoms with van der Waals surface area (Å²) in [6.07, 6.45) is 0. The van der Waals surface area contributed by atoms with Gasteiger partial charge in [-0.1, -0.05) is 6.07 Å². The van der Waals surface area contributed by atoms with Gasteiger partial charge in [0.25, 0.3) is 0 Å². The van der Waals surface area contributed by atoms with Gasteiger partial charge in [0.15, 0.2) is 5.78 Å². The maximum Gasteiger partial charge on any atom is 0.225 e. The van der Waals surface area contributed by atoms with Crippen molar-refractivity contribution >= 4 is 11.7 Å². The van der Waals surface area contributed by atoms with Crippen LogP contribution in [-0.4, -0.2) is 46.4 Å². The Kier molecular flexibility index (Phi) is 5.21. The Morgan fingerprint density at radius 3 is 2.53 bits per heavy atom. The Morgan fingerprint density at radius 1 is 1.00 bits per heavy atom. The van der Waals surface area contributed by atoms with Gasteiger partial charge in [0.2, 0.25) is 5.95 Å². The lowest BCUT2D eigenvalue weighted by atomic mass is 9.87. The molecule has 2 fully saturated rings. The van der Waals surface area contributed by atoms with E-state index < -0.39 is 5.82 Å². The van der Waals surface area contributed by atoms with Gasteiger partial charge in [0.05, 0.1) is 11.7 Å². The molecular formula is C25H26FN5O. The minimum Gasteiger partial charge on any atom is -0.340 e. The van der Waals surface area contributed by atoms with Crippen molar-refractivity contribution in [3.8, 4) is 11.3 Å². The molecule has 4 heterocycles. The molecule has 164 valence electrons. The maximum absolute atomic E-state index is 14.2. The Bertz CT molecular complexity index is 1180. The molecule has 3 atom stereocenters. The number of aromatic nitrogens is 3. The first kappa shape index (κ1) is 20.7. The molecule has 3 aromatic rings. The normalized spacial score (nSPS) is 22.2. The predicted octanol–water partition coefficient (Wildman–Crippen LogP) is 3.51. The van der Waals surface area contributed by atoms with E-state index in [4.69, 9.17) is 0 Å². The summed E-state index contributed by atoms with van der Waals surface area (Å²) in [5.74, 6) is 0.656. The third-order valence-electron chi connectivity index (χ3n) is 6.47. The summed E-state index contributed by atoms with van der Waals surface area (Å²) in [6.45, 7) is 8.08. The van der Waals surface area contributed by atoms with E-state index >= 15 is 0 Å².